The summed E-state index contributed by atoms with van der Waals surface area (Å²) in [4.78, 5) is 12.0. The fourth-order valence-corrected chi connectivity index (χ4v) is 1.63. The fraction of sp³-hybridized carbons (Fsp3) is 0.357. The molecule has 1 radical (unpaired) electrons. The SMILES string of the molecule is COc1ccc2c([c]cn2C(=O)OC(C)(C)C)c1. The first-order chi connectivity index (χ1) is 8.40. The van der Waals surface area contributed by atoms with Gasteiger partial charge in [0.25, 0.3) is 0 Å². The van der Waals surface area contributed by atoms with Gasteiger partial charge in [-0.05, 0) is 39.0 Å². The molecule has 0 fully saturated rings. The lowest BCUT2D eigenvalue weighted by Gasteiger charge is -2.19. The maximum Gasteiger partial charge on any atom is 0.419 e. The molecule has 0 spiro atoms. The molecule has 4 heteroatoms. The number of fused-ring (bicyclic) bond motifs is 1. The minimum atomic E-state index is -0.514. The topological polar surface area (TPSA) is 40.5 Å². The molecule has 1 heterocycles. The third kappa shape index (κ3) is 2.47. The molecule has 0 saturated carbocycles. The molecule has 0 aliphatic carbocycles. The highest BCUT2D eigenvalue weighted by atomic mass is 16.6. The van der Waals surface area contributed by atoms with Gasteiger partial charge in [-0.1, -0.05) is 0 Å². The molecule has 0 atom stereocenters. The molecule has 0 unspecified atom stereocenters. The summed E-state index contributed by atoms with van der Waals surface area (Å²) >= 11 is 0. The Morgan fingerprint density at radius 3 is 2.67 bits per heavy atom. The van der Waals surface area contributed by atoms with Crippen LogP contribution in [0.3, 0.4) is 0 Å². The molecule has 1 aromatic carbocycles. The summed E-state index contributed by atoms with van der Waals surface area (Å²) in [6, 6.07) is 8.46. The summed E-state index contributed by atoms with van der Waals surface area (Å²) in [5.74, 6) is 0.737. The number of carbonyl (C=O) groups is 1. The normalized spacial score (nSPS) is 11.6. The molecule has 1 aromatic heterocycles. The molecule has 0 amide bonds. The van der Waals surface area contributed by atoms with E-state index in [-0.39, 0.29) is 0 Å². The molecule has 0 aliphatic heterocycles. The van der Waals surface area contributed by atoms with E-state index < -0.39 is 11.7 Å². The van der Waals surface area contributed by atoms with Gasteiger partial charge in [-0.15, -0.1) is 0 Å². The summed E-state index contributed by atoms with van der Waals surface area (Å²) in [6.45, 7) is 5.51. The second-order valence-electron chi connectivity index (χ2n) is 5.01. The van der Waals surface area contributed by atoms with Crippen LogP contribution >= 0.6 is 0 Å². The number of benzene rings is 1. The first-order valence-corrected chi connectivity index (χ1v) is 5.71. The number of hydrogen-bond acceptors (Lipinski definition) is 3. The minimum Gasteiger partial charge on any atom is -0.497 e. The predicted molar refractivity (Wildman–Crippen MR) is 69.0 cm³/mol. The van der Waals surface area contributed by atoms with Crippen molar-refractivity contribution in [1.82, 2.24) is 4.57 Å². The van der Waals surface area contributed by atoms with E-state index in [0.29, 0.717) is 0 Å². The van der Waals surface area contributed by atoms with Gasteiger partial charge in [0.05, 0.1) is 12.6 Å². The van der Waals surface area contributed by atoms with Crippen LogP contribution in [0.15, 0.2) is 24.4 Å². The third-order valence-electron chi connectivity index (χ3n) is 2.40. The van der Waals surface area contributed by atoms with E-state index in [0.717, 1.165) is 16.7 Å². The lowest BCUT2D eigenvalue weighted by Crippen LogP contribution is -2.26. The largest absolute Gasteiger partial charge is 0.497 e. The number of methoxy groups -OCH3 is 1. The van der Waals surface area contributed by atoms with Crippen molar-refractivity contribution in [3.05, 3.63) is 30.5 Å². The molecular formula is C14H16NO3. The highest BCUT2D eigenvalue weighted by Gasteiger charge is 2.19. The van der Waals surface area contributed by atoms with Gasteiger partial charge in [0.2, 0.25) is 0 Å². The summed E-state index contributed by atoms with van der Waals surface area (Å²) in [5, 5.41) is 0.820. The quantitative estimate of drug-likeness (QED) is 0.775. The van der Waals surface area contributed by atoms with Crippen LogP contribution in [0.5, 0.6) is 5.75 Å². The average molecular weight is 246 g/mol. The highest BCUT2D eigenvalue weighted by molar-refractivity contribution is 5.89. The van der Waals surface area contributed by atoms with E-state index in [2.05, 4.69) is 6.07 Å². The van der Waals surface area contributed by atoms with Crippen LogP contribution in [-0.2, 0) is 4.74 Å². The number of hydrogen-bond donors (Lipinski definition) is 0. The number of carbonyl (C=O) groups excluding carboxylic acids is 1. The zero-order valence-electron chi connectivity index (χ0n) is 11.0. The monoisotopic (exact) mass is 246 g/mol. The smallest absolute Gasteiger partial charge is 0.419 e. The molecule has 0 bridgehead atoms. The number of rotatable bonds is 1. The van der Waals surface area contributed by atoms with Crippen LogP contribution in [0.1, 0.15) is 20.8 Å². The van der Waals surface area contributed by atoms with Gasteiger partial charge in [-0.3, -0.25) is 4.57 Å². The first-order valence-electron chi connectivity index (χ1n) is 5.71. The minimum absolute atomic E-state index is 0.404. The van der Waals surface area contributed by atoms with Crippen molar-refractivity contribution in [3.8, 4) is 5.75 Å². The summed E-state index contributed by atoms with van der Waals surface area (Å²) < 4.78 is 11.9. The van der Waals surface area contributed by atoms with E-state index in [4.69, 9.17) is 9.47 Å². The number of aromatic nitrogens is 1. The molecule has 0 saturated heterocycles. The first kappa shape index (κ1) is 12.5. The lowest BCUT2D eigenvalue weighted by atomic mass is 10.2. The van der Waals surface area contributed by atoms with Crippen molar-refractivity contribution < 1.29 is 14.3 Å². The number of ether oxygens (including phenoxy) is 2. The van der Waals surface area contributed by atoms with Crippen molar-refractivity contribution in [2.75, 3.05) is 7.11 Å². The van der Waals surface area contributed by atoms with Gasteiger partial charge in [0.1, 0.15) is 11.4 Å². The maximum absolute atomic E-state index is 12.0. The van der Waals surface area contributed by atoms with Crippen LogP contribution < -0.4 is 4.74 Å². The predicted octanol–water partition coefficient (Wildman–Crippen LogP) is 3.23. The summed E-state index contributed by atoms with van der Waals surface area (Å²) in [6.07, 6.45) is 1.18. The Morgan fingerprint density at radius 1 is 1.33 bits per heavy atom. The zero-order valence-corrected chi connectivity index (χ0v) is 11.0. The molecular weight excluding hydrogens is 230 g/mol. The van der Waals surface area contributed by atoms with Crippen LogP contribution in [0.25, 0.3) is 10.9 Å². The fourth-order valence-electron chi connectivity index (χ4n) is 1.63. The molecule has 0 N–H and O–H groups in total. The van der Waals surface area contributed by atoms with Crippen LogP contribution in [0.2, 0.25) is 0 Å². The van der Waals surface area contributed by atoms with Crippen molar-refractivity contribution in [3.63, 3.8) is 0 Å². The van der Waals surface area contributed by atoms with Crippen molar-refractivity contribution in [1.29, 1.82) is 0 Å². The van der Waals surface area contributed by atoms with E-state index in [1.807, 2.05) is 32.9 Å². The standard InChI is InChI=1S/C14H16NO3/c1-14(2,3)18-13(16)15-8-7-10-9-11(17-4)5-6-12(10)15/h5-6,8-9H,1-4H3. The van der Waals surface area contributed by atoms with E-state index in [1.54, 1.807) is 19.4 Å². The van der Waals surface area contributed by atoms with E-state index in [9.17, 15) is 4.79 Å². The van der Waals surface area contributed by atoms with Crippen LogP contribution in [-0.4, -0.2) is 23.4 Å². The van der Waals surface area contributed by atoms with Crippen molar-refractivity contribution in [2.45, 2.75) is 26.4 Å². The Labute approximate surface area is 106 Å². The van der Waals surface area contributed by atoms with Crippen LogP contribution in [0, 0.1) is 6.07 Å². The lowest BCUT2D eigenvalue weighted by molar-refractivity contribution is 0.0544. The van der Waals surface area contributed by atoms with Gasteiger partial charge in [0.15, 0.2) is 0 Å². The van der Waals surface area contributed by atoms with E-state index >= 15 is 0 Å². The summed E-state index contributed by atoms with van der Waals surface area (Å²) in [5.41, 5.74) is 0.241. The van der Waals surface area contributed by atoms with Gasteiger partial charge in [-0.2, -0.15) is 0 Å². The van der Waals surface area contributed by atoms with Gasteiger partial charge >= 0.3 is 6.09 Å². The summed E-state index contributed by atoms with van der Waals surface area (Å²) in [7, 11) is 1.60. The second kappa shape index (κ2) is 4.37. The van der Waals surface area contributed by atoms with Gasteiger partial charge in [0, 0.05) is 17.6 Å². The highest BCUT2D eigenvalue weighted by Crippen LogP contribution is 2.22. The average Bonchev–Trinajstić information content (AvgIpc) is 2.69. The van der Waals surface area contributed by atoms with Gasteiger partial charge in [-0.25, -0.2) is 4.79 Å². The van der Waals surface area contributed by atoms with Crippen LogP contribution in [0.4, 0.5) is 4.79 Å². The molecule has 4 nitrogen and oxygen atoms in total. The van der Waals surface area contributed by atoms with Crippen molar-refractivity contribution in [2.24, 2.45) is 0 Å². The Hall–Kier alpha value is -1.97. The Balaban J connectivity index is 2.38. The Bertz CT molecular complexity index is 578. The van der Waals surface area contributed by atoms with E-state index in [1.165, 1.54) is 4.57 Å². The second-order valence-corrected chi connectivity index (χ2v) is 5.01. The Kier molecular flexibility index (Phi) is 3.03. The zero-order chi connectivity index (χ0) is 13.3. The molecule has 95 valence electrons. The molecule has 2 rings (SSSR count). The Morgan fingerprint density at radius 2 is 2.06 bits per heavy atom. The van der Waals surface area contributed by atoms with Gasteiger partial charge < -0.3 is 9.47 Å². The van der Waals surface area contributed by atoms with Crippen molar-refractivity contribution >= 4 is 17.0 Å². The maximum atomic E-state index is 12.0. The molecule has 18 heavy (non-hydrogen) atoms. The molecule has 0 aliphatic rings. The number of nitrogens with zero attached hydrogens (tertiary/aromatic N) is 1. The third-order valence-corrected chi connectivity index (χ3v) is 2.40. The molecule has 2 aromatic rings.